The lowest BCUT2D eigenvalue weighted by Crippen LogP contribution is -2.65. The zero-order valence-corrected chi connectivity index (χ0v) is 51.5. The van der Waals surface area contributed by atoms with Crippen LogP contribution >= 0.6 is 0 Å². The molecule has 88 heavy (non-hydrogen) atoms. The van der Waals surface area contributed by atoms with Gasteiger partial charge < -0.3 is 139 Å². The van der Waals surface area contributed by atoms with E-state index in [0.717, 1.165) is 38.5 Å². The summed E-state index contributed by atoms with van der Waals surface area (Å²) in [6, 6.07) is 0. The molecule has 5 saturated heterocycles. The van der Waals surface area contributed by atoms with Crippen LogP contribution in [0.4, 0.5) is 0 Å². The van der Waals surface area contributed by atoms with Crippen LogP contribution in [0.15, 0.2) is 11.6 Å². The maximum atomic E-state index is 11.8. The number of fused-ring (bicyclic) bond motifs is 5. The van der Waals surface area contributed by atoms with E-state index in [1.807, 2.05) is 0 Å². The molecule has 8 fully saturated rings. The van der Waals surface area contributed by atoms with E-state index in [0.29, 0.717) is 18.8 Å². The maximum absolute atomic E-state index is 11.8. The van der Waals surface area contributed by atoms with Crippen LogP contribution in [-0.2, 0) is 47.4 Å². The van der Waals surface area contributed by atoms with Crippen LogP contribution < -0.4 is 0 Å². The van der Waals surface area contributed by atoms with Crippen molar-refractivity contribution in [2.75, 3.05) is 33.0 Å². The Morgan fingerprint density at radius 3 is 1.51 bits per heavy atom. The van der Waals surface area contributed by atoms with E-state index >= 15 is 0 Å². The second kappa shape index (κ2) is 27.4. The zero-order chi connectivity index (χ0) is 64.7. The molecule has 4 aliphatic carbocycles. The molecule has 9 aliphatic rings. The molecular formula is C60H102O28. The Hall–Kier alpha value is -1.38. The summed E-state index contributed by atoms with van der Waals surface area (Å²) < 4.78 is 59.7. The average Bonchev–Trinajstić information content (AvgIpc) is 1.34. The van der Waals surface area contributed by atoms with Crippen molar-refractivity contribution in [3.05, 3.63) is 11.6 Å². The van der Waals surface area contributed by atoms with Crippen molar-refractivity contribution in [3.63, 3.8) is 0 Å². The van der Waals surface area contributed by atoms with Crippen molar-refractivity contribution >= 4 is 0 Å². The van der Waals surface area contributed by atoms with Gasteiger partial charge in [0.25, 0.3) is 0 Å². The Labute approximate surface area is 512 Å². The lowest BCUT2D eigenvalue weighted by molar-refractivity contribution is -0.380. The van der Waals surface area contributed by atoms with Crippen LogP contribution in [0.1, 0.15) is 113 Å². The van der Waals surface area contributed by atoms with E-state index in [9.17, 15) is 91.9 Å². The zero-order valence-electron chi connectivity index (χ0n) is 51.5. The number of aliphatic hydroxyl groups excluding tert-OH is 17. The highest BCUT2D eigenvalue weighted by molar-refractivity contribution is 5.30. The first-order chi connectivity index (χ1) is 41.2. The average molecular weight is 1270 g/mol. The minimum atomic E-state index is -1.93. The van der Waals surface area contributed by atoms with E-state index in [1.54, 1.807) is 13.8 Å². The molecule has 28 nitrogen and oxygen atoms in total. The second-order valence-corrected chi connectivity index (χ2v) is 28.6. The molecule has 0 aromatic heterocycles. The number of rotatable bonds is 20. The van der Waals surface area contributed by atoms with Crippen molar-refractivity contribution < 1.29 is 139 Å². The van der Waals surface area contributed by atoms with Gasteiger partial charge in [-0.15, -0.1) is 0 Å². The molecule has 0 aromatic carbocycles. The van der Waals surface area contributed by atoms with Gasteiger partial charge >= 0.3 is 0 Å². The van der Waals surface area contributed by atoms with Crippen molar-refractivity contribution in [1.82, 2.24) is 0 Å². The lowest BCUT2D eigenvalue weighted by Gasteiger charge is -2.66. The Kier molecular flexibility index (Phi) is 22.1. The molecule has 28 heteroatoms. The Morgan fingerprint density at radius 1 is 0.500 bits per heavy atom. The van der Waals surface area contributed by atoms with Gasteiger partial charge in [0, 0.05) is 5.41 Å². The van der Waals surface area contributed by atoms with Gasteiger partial charge in [-0.1, -0.05) is 53.2 Å². The molecule has 0 bridgehead atoms. The first-order valence-corrected chi connectivity index (χ1v) is 31.5. The van der Waals surface area contributed by atoms with Gasteiger partial charge in [0.05, 0.1) is 50.8 Å². The van der Waals surface area contributed by atoms with E-state index in [1.165, 1.54) is 5.57 Å². The number of aliphatic hydroxyl groups is 18. The molecule has 5 aliphatic heterocycles. The summed E-state index contributed by atoms with van der Waals surface area (Å²) in [5.41, 5.74) is -1.21. The number of hydrogen-bond donors (Lipinski definition) is 18. The first kappa shape index (κ1) is 70.9. The predicted molar refractivity (Wildman–Crippen MR) is 299 cm³/mol. The van der Waals surface area contributed by atoms with Gasteiger partial charge in [-0.25, -0.2) is 0 Å². The summed E-state index contributed by atoms with van der Waals surface area (Å²) in [4.78, 5) is 0. The smallest absolute Gasteiger partial charge is 0.187 e. The maximum Gasteiger partial charge on any atom is 0.187 e. The van der Waals surface area contributed by atoms with Gasteiger partial charge in [-0.05, 0) is 112 Å². The van der Waals surface area contributed by atoms with E-state index in [2.05, 4.69) is 47.6 Å². The van der Waals surface area contributed by atoms with E-state index < -0.39 is 210 Å². The van der Waals surface area contributed by atoms with Gasteiger partial charge in [0.1, 0.15) is 122 Å². The van der Waals surface area contributed by atoms with E-state index in [-0.39, 0.29) is 40.4 Å². The number of ether oxygens (including phenoxy) is 10. The number of allylic oxidation sites excluding steroid dienone is 1. The Bertz CT molecular complexity index is 2310. The Morgan fingerprint density at radius 2 is 0.966 bits per heavy atom. The highest BCUT2D eigenvalue weighted by atomic mass is 16.8. The molecule has 5 heterocycles. The fourth-order valence-electron chi connectivity index (χ4n) is 17.1. The molecule has 0 spiro atoms. The van der Waals surface area contributed by atoms with Crippen molar-refractivity contribution in [2.45, 2.75) is 285 Å². The molecule has 510 valence electrons. The fourth-order valence-corrected chi connectivity index (χ4v) is 17.1. The molecule has 9 rings (SSSR count). The standard InChI is InChI=1S/C60H102O28/c1-24(9-13-35(57(4,5)78)86-55-50(88-54-47(76)42(71)38(67)30(21-63)82-54)43(72)39(68)32(84-55)23-79-51-45(74)40(69)36(65)28(19-61)80-51)25-15-16-60(8)33-12-10-26-27(58(33,6)17-18-59(25,60)7)11-14-34(56(26,2)3)85-52-48(77)44(73)49(31(22-64)83-52)87-53-46(75)41(70)37(66)29(20-62)81-53/h10,24-25,27-55,61-78H,9,11-23H2,1-8H3/t24?,25?,27?,28-,29-,30-,31-,32-,33?,34+,35-,36-,37-,38-,39-,40+,41+,42+,43+,44-,45-,46-,47-,48-,49-,50-,51-,52+,53+,54+,55+,58?,59?,60?/m1/s1. The first-order valence-electron chi connectivity index (χ1n) is 31.5. The van der Waals surface area contributed by atoms with Crippen LogP contribution in [0.2, 0.25) is 0 Å². The largest absolute Gasteiger partial charge is 0.394 e. The monoisotopic (exact) mass is 1270 g/mol. The molecular weight excluding hydrogens is 1170 g/mol. The van der Waals surface area contributed by atoms with Crippen LogP contribution in [-0.4, -0.2) is 296 Å². The normalized spacial score (nSPS) is 51.4. The van der Waals surface area contributed by atoms with Crippen LogP contribution in [0.5, 0.6) is 0 Å². The summed E-state index contributed by atoms with van der Waals surface area (Å²) in [6.45, 7) is 13.2. The summed E-state index contributed by atoms with van der Waals surface area (Å²) >= 11 is 0. The van der Waals surface area contributed by atoms with Gasteiger partial charge in [0.2, 0.25) is 0 Å². The van der Waals surface area contributed by atoms with Gasteiger partial charge in [-0.2, -0.15) is 0 Å². The third-order valence-electron chi connectivity index (χ3n) is 22.8. The summed E-state index contributed by atoms with van der Waals surface area (Å²) in [6.07, 6.45) is -33.8. The molecule has 18 N–H and O–H groups in total. The van der Waals surface area contributed by atoms with Crippen LogP contribution in [0.25, 0.3) is 0 Å². The highest BCUT2D eigenvalue weighted by Crippen LogP contribution is 2.75. The third kappa shape index (κ3) is 12.8. The van der Waals surface area contributed by atoms with Crippen LogP contribution in [0.3, 0.4) is 0 Å². The van der Waals surface area contributed by atoms with Gasteiger partial charge in [-0.3, -0.25) is 0 Å². The highest BCUT2D eigenvalue weighted by Gasteiger charge is 2.68. The predicted octanol–water partition coefficient (Wildman–Crippen LogP) is -4.38. The van der Waals surface area contributed by atoms with Gasteiger partial charge in [0.15, 0.2) is 31.5 Å². The minimum absolute atomic E-state index is 0.0854. The van der Waals surface area contributed by atoms with Crippen LogP contribution in [0, 0.1) is 45.3 Å². The van der Waals surface area contributed by atoms with Crippen molar-refractivity contribution in [2.24, 2.45) is 45.3 Å². The molecule has 0 amide bonds. The quantitative estimate of drug-likeness (QED) is 0.0512. The summed E-state index contributed by atoms with van der Waals surface area (Å²) in [5, 5.41) is 193. The SMILES string of the molecule is CC(CC[C@@H](O[C@@H]1O[C@H](CO[C@@H]2O[C@H](CO)[C@@H](O)[C@H](O)[C@H]2O)[C@@H](O)[C@H](O)[C@H]1O[C@@H]1O[C@H](CO)[C@@H](O)[C@H](O)[C@H]1O)C(C)(C)O)C1CCC2(C)C3CC=C4C(CC[C@H](O[C@@H]5O[C@H](CO)[C@@H](O[C@@H]6O[C@H](CO)[C@@H](O)[C@H](O)[C@H]6O)[C@H](O)[C@H]5O)C4(C)C)C3(C)CCC12C. The summed E-state index contributed by atoms with van der Waals surface area (Å²) in [5.74, 6) is 0.828. The fraction of sp³-hybridized carbons (Fsp3) is 0.967. The van der Waals surface area contributed by atoms with E-state index in [4.69, 9.17) is 47.4 Å². The molecule has 0 aromatic rings. The Balaban J connectivity index is 0.872. The van der Waals surface area contributed by atoms with Crippen molar-refractivity contribution in [3.8, 4) is 0 Å². The topological polar surface area (TPSA) is 456 Å². The molecule has 0 radical (unpaired) electrons. The third-order valence-corrected chi connectivity index (χ3v) is 22.8. The number of hydrogen-bond acceptors (Lipinski definition) is 28. The molecule has 3 saturated carbocycles. The second-order valence-electron chi connectivity index (χ2n) is 28.6. The molecule has 34 atom stereocenters. The lowest BCUT2D eigenvalue weighted by atomic mass is 9.39. The minimum Gasteiger partial charge on any atom is -0.394 e. The van der Waals surface area contributed by atoms with Crippen molar-refractivity contribution in [1.29, 1.82) is 0 Å². The summed E-state index contributed by atoms with van der Waals surface area (Å²) in [7, 11) is 0. The molecule has 7 unspecified atom stereocenters.